The number of benzene rings is 3. The van der Waals surface area contributed by atoms with Gasteiger partial charge in [-0.2, -0.15) is 0 Å². The van der Waals surface area contributed by atoms with Crippen LogP contribution in [0.4, 0.5) is 4.39 Å². The van der Waals surface area contributed by atoms with Crippen LogP contribution in [-0.2, 0) is 0 Å². The van der Waals surface area contributed by atoms with Crippen molar-refractivity contribution in [3.05, 3.63) is 82.7 Å². The van der Waals surface area contributed by atoms with Crippen molar-refractivity contribution in [2.75, 3.05) is 0 Å². The standard InChI is InChI=1S/C19H16ClF/c1-12-7-8-14-5-3-4-6-16(14)18(12)19(20)15-9-10-17(21)13(2)11-15/h3-11,19H,1-2H3. The van der Waals surface area contributed by atoms with Crippen molar-refractivity contribution in [1.29, 1.82) is 0 Å². The molecule has 1 atom stereocenters. The number of alkyl halides is 1. The molecule has 0 N–H and O–H groups in total. The first-order valence-electron chi connectivity index (χ1n) is 6.96. The fourth-order valence-corrected chi connectivity index (χ4v) is 3.16. The van der Waals surface area contributed by atoms with Gasteiger partial charge in [0.25, 0.3) is 0 Å². The summed E-state index contributed by atoms with van der Waals surface area (Å²) < 4.78 is 13.5. The largest absolute Gasteiger partial charge is 0.207 e. The number of aryl methyl sites for hydroxylation is 2. The van der Waals surface area contributed by atoms with E-state index in [1.807, 2.05) is 18.2 Å². The van der Waals surface area contributed by atoms with Gasteiger partial charge in [-0.15, -0.1) is 11.6 Å². The summed E-state index contributed by atoms with van der Waals surface area (Å²) in [5, 5.41) is 2.04. The number of fused-ring (bicyclic) bond motifs is 1. The van der Waals surface area contributed by atoms with Crippen LogP contribution < -0.4 is 0 Å². The average molecular weight is 299 g/mol. The van der Waals surface area contributed by atoms with Crippen molar-refractivity contribution in [3.8, 4) is 0 Å². The molecule has 3 rings (SSSR count). The summed E-state index contributed by atoms with van der Waals surface area (Å²) >= 11 is 6.72. The molecule has 2 heteroatoms. The number of hydrogen-bond acceptors (Lipinski definition) is 0. The highest BCUT2D eigenvalue weighted by Crippen LogP contribution is 2.36. The van der Waals surface area contributed by atoms with Crippen molar-refractivity contribution in [2.45, 2.75) is 19.2 Å². The molecule has 0 radical (unpaired) electrons. The Morgan fingerprint density at radius 2 is 1.67 bits per heavy atom. The molecule has 3 aromatic carbocycles. The molecule has 1 unspecified atom stereocenters. The van der Waals surface area contributed by atoms with E-state index < -0.39 is 0 Å². The minimum atomic E-state index is -0.282. The summed E-state index contributed by atoms with van der Waals surface area (Å²) in [5.41, 5.74) is 3.79. The zero-order valence-corrected chi connectivity index (χ0v) is 12.8. The van der Waals surface area contributed by atoms with E-state index in [0.717, 1.165) is 22.1 Å². The molecule has 0 aliphatic rings. The lowest BCUT2D eigenvalue weighted by Crippen LogP contribution is -1.99. The first kappa shape index (κ1) is 14.1. The maximum atomic E-state index is 13.5. The van der Waals surface area contributed by atoms with Crippen LogP contribution in [0.5, 0.6) is 0 Å². The van der Waals surface area contributed by atoms with Gasteiger partial charge in [-0.05, 0) is 52.9 Å². The molecular formula is C19H16ClF. The molecular weight excluding hydrogens is 283 g/mol. The highest BCUT2D eigenvalue weighted by atomic mass is 35.5. The van der Waals surface area contributed by atoms with Crippen molar-refractivity contribution in [1.82, 2.24) is 0 Å². The van der Waals surface area contributed by atoms with Crippen molar-refractivity contribution < 1.29 is 4.39 Å². The van der Waals surface area contributed by atoms with E-state index in [2.05, 4.69) is 31.2 Å². The van der Waals surface area contributed by atoms with Crippen molar-refractivity contribution in [3.63, 3.8) is 0 Å². The Hall–Kier alpha value is -1.86. The molecule has 106 valence electrons. The quantitative estimate of drug-likeness (QED) is 0.515. The van der Waals surface area contributed by atoms with E-state index in [1.165, 1.54) is 11.5 Å². The van der Waals surface area contributed by atoms with Gasteiger partial charge in [0, 0.05) is 0 Å². The highest BCUT2D eigenvalue weighted by molar-refractivity contribution is 6.23. The van der Waals surface area contributed by atoms with Crippen molar-refractivity contribution >= 4 is 22.4 Å². The zero-order chi connectivity index (χ0) is 15.0. The fourth-order valence-electron chi connectivity index (χ4n) is 2.73. The smallest absolute Gasteiger partial charge is 0.126 e. The first-order valence-corrected chi connectivity index (χ1v) is 7.40. The second kappa shape index (κ2) is 5.50. The van der Waals surface area contributed by atoms with Crippen molar-refractivity contribution in [2.24, 2.45) is 0 Å². The molecule has 0 fully saturated rings. The zero-order valence-electron chi connectivity index (χ0n) is 12.0. The van der Waals surface area contributed by atoms with Crippen LogP contribution in [0.1, 0.15) is 27.6 Å². The average Bonchev–Trinajstić information content (AvgIpc) is 2.49. The van der Waals surface area contributed by atoms with E-state index in [4.69, 9.17) is 11.6 Å². The third kappa shape index (κ3) is 2.54. The number of rotatable bonds is 2. The SMILES string of the molecule is Cc1cc(C(Cl)c2c(C)ccc3ccccc23)ccc1F. The second-order valence-electron chi connectivity index (χ2n) is 5.39. The Morgan fingerprint density at radius 3 is 2.43 bits per heavy atom. The first-order chi connectivity index (χ1) is 10.1. The van der Waals surface area contributed by atoms with Gasteiger partial charge in [-0.25, -0.2) is 4.39 Å². The summed E-state index contributed by atoms with van der Waals surface area (Å²) in [7, 11) is 0. The van der Waals surface area contributed by atoms with E-state index in [-0.39, 0.29) is 11.2 Å². The molecule has 0 aromatic heterocycles. The van der Waals surface area contributed by atoms with Crippen LogP contribution in [0, 0.1) is 19.7 Å². The lowest BCUT2D eigenvalue weighted by atomic mass is 9.93. The Balaban J connectivity index is 2.19. The van der Waals surface area contributed by atoms with E-state index in [9.17, 15) is 4.39 Å². The molecule has 0 spiro atoms. The maximum Gasteiger partial charge on any atom is 0.126 e. The van der Waals surface area contributed by atoms with Gasteiger partial charge in [0.15, 0.2) is 0 Å². The van der Waals surface area contributed by atoms with Crippen LogP contribution in [0.25, 0.3) is 10.8 Å². The minimum Gasteiger partial charge on any atom is -0.207 e. The number of hydrogen-bond donors (Lipinski definition) is 0. The molecule has 0 aliphatic carbocycles. The van der Waals surface area contributed by atoms with Gasteiger partial charge in [0.1, 0.15) is 5.82 Å². The summed E-state index contributed by atoms with van der Waals surface area (Å²) in [5.74, 6) is -0.197. The predicted molar refractivity (Wildman–Crippen MR) is 87.5 cm³/mol. The molecule has 0 bridgehead atoms. The summed E-state index contributed by atoms with van der Waals surface area (Å²) in [6.07, 6.45) is 0. The lowest BCUT2D eigenvalue weighted by molar-refractivity contribution is 0.617. The Bertz CT molecular complexity index is 808. The van der Waals surface area contributed by atoms with Crippen LogP contribution >= 0.6 is 11.6 Å². The topological polar surface area (TPSA) is 0 Å². The third-order valence-corrected chi connectivity index (χ3v) is 4.39. The Morgan fingerprint density at radius 1 is 0.905 bits per heavy atom. The van der Waals surface area contributed by atoms with Crippen LogP contribution in [0.3, 0.4) is 0 Å². The summed E-state index contributed by atoms with van der Waals surface area (Å²) in [6, 6.07) is 17.5. The van der Waals surface area contributed by atoms with Gasteiger partial charge in [0.2, 0.25) is 0 Å². The van der Waals surface area contributed by atoms with Crippen LogP contribution in [0.15, 0.2) is 54.6 Å². The molecule has 0 amide bonds. The van der Waals surface area contributed by atoms with Gasteiger partial charge in [-0.3, -0.25) is 0 Å². The van der Waals surface area contributed by atoms with Crippen LogP contribution in [0.2, 0.25) is 0 Å². The second-order valence-corrected chi connectivity index (χ2v) is 5.82. The maximum absolute atomic E-state index is 13.5. The van der Waals surface area contributed by atoms with E-state index in [0.29, 0.717) is 5.56 Å². The van der Waals surface area contributed by atoms with Gasteiger partial charge in [-0.1, -0.05) is 48.5 Å². The molecule has 0 saturated carbocycles. The molecule has 0 saturated heterocycles. The summed E-state index contributed by atoms with van der Waals surface area (Å²) in [6.45, 7) is 3.83. The van der Waals surface area contributed by atoms with Crippen LogP contribution in [-0.4, -0.2) is 0 Å². The highest BCUT2D eigenvalue weighted by Gasteiger charge is 2.17. The molecule has 21 heavy (non-hydrogen) atoms. The minimum absolute atomic E-state index is 0.197. The molecule has 0 aliphatic heterocycles. The van der Waals surface area contributed by atoms with E-state index in [1.54, 1.807) is 13.0 Å². The Kier molecular flexibility index (Phi) is 3.69. The normalized spacial score (nSPS) is 12.6. The summed E-state index contributed by atoms with van der Waals surface area (Å²) in [4.78, 5) is 0. The molecule has 0 heterocycles. The van der Waals surface area contributed by atoms with Gasteiger partial charge >= 0.3 is 0 Å². The Labute approximate surface area is 129 Å². The predicted octanol–water partition coefficient (Wildman–Crippen LogP) is 5.92. The lowest BCUT2D eigenvalue weighted by Gasteiger charge is -2.17. The van der Waals surface area contributed by atoms with Gasteiger partial charge in [0.05, 0.1) is 5.38 Å². The molecule has 3 aromatic rings. The van der Waals surface area contributed by atoms with Gasteiger partial charge < -0.3 is 0 Å². The monoisotopic (exact) mass is 298 g/mol. The third-order valence-electron chi connectivity index (χ3n) is 3.92. The molecule has 0 nitrogen and oxygen atoms in total. The van der Waals surface area contributed by atoms with E-state index >= 15 is 0 Å². The fraction of sp³-hybridized carbons (Fsp3) is 0.158. The number of halogens is 2.